The number of alkyl halides is 6. The smallest absolute Gasteiger partial charge is 0.346 e. The summed E-state index contributed by atoms with van der Waals surface area (Å²) >= 11 is 0. The van der Waals surface area contributed by atoms with Crippen molar-refractivity contribution in [2.75, 3.05) is 13.1 Å². The maximum atomic E-state index is 12.6. The topological polar surface area (TPSA) is 70.6 Å². The number of aromatic nitrogens is 4. The molecule has 1 fully saturated rings. The van der Waals surface area contributed by atoms with Crippen molar-refractivity contribution in [3.05, 3.63) is 24.3 Å². The van der Waals surface area contributed by atoms with Gasteiger partial charge in [0.05, 0.1) is 31.3 Å². The normalized spacial score (nSPS) is 20.7. The van der Waals surface area contributed by atoms with Crippen LogP contribution in [0, 0.1) is 0 Å². The SMILES string of the molecule is FC(F)(F)CNCc1nc2cnc3[nH]ccc3c2n1C1CCC(NCC(F)(F)F)CC1. The molecule has 0 unspecified atom stereocenters. The highest BCUT2D eigenvalue weighted by atomic mass is 19.4. The van der Waals surface area contributed by atoms with Crippen LogP contribution in [0.2, 0.25) is 0 Å². The fourth-order valence-corrected chi connectivity index (χ4v) is 4.27. The average molecular weight is 448 g/mol. The Balaban J connectivity index is 1.59. The first-order chi connectivity index (χ1) is 14.6. The molecule has 3 heterocycles. The van der Waals surface area contributed by atoms with E-state index < -0.39 is 25.4 Å². The second kappa shape index (κ2) is 8.30. The van der Waals surface area contributed by atoms with Crippen LogP contribution in [-0.4, -0.2) is 51.0 Å². The number of nitrogens with one attached hydrogen (secondary N) is 3. The first kappa shape index (κ1) is 21.9. The number of H-pyrrole nitrogens is 1. The molecule has 3 aromatic heterocycles. The van der Waals surface area contributed by atoms with Crippen LogP contribution in [0.4, 0.5) is 26.3 Å². The zero-order chi connectivity index (χ0) is 22.2. The third kappa shape index (κ3) is 5.12. The highest BCUT2D eigenvalue weighted by molar-refractivity contribution is 6.01. The summed E-state index contributed by atoms with van der Waals surface area (Å²) in [6.07, 6.45) is -3.02. The molecule has 170 valence electrons. The van der Waals surface area contributed by atoms with Crippen molar-refractivity contribution >= 4 is 22.1 Å². The van der Waals surface area contributed by atoms with Gasteiger partial charge in [-0.1, -0.05) is 0 Å². The van der Waals surface area contributed by atoms with Crippen LogP contribution in [0.25, 0.3) is 22.1 Å². The Labute approximate surface area is 173 Å². The van der Waals surface area contributed by atoms with E-state index in [1.807, 2.05) is 10.6 Å². The second-order valence-electron chi connectivity index (χ2n) is 7.85. The molecule has 6 nitrogen and oxygen atoms in total. The number of halogens is 6. The maximum Gasteiger partial charge on any atom is 0.401 e. The van der Waals surface area contributed by atoms with Crippen molar-refractivity contribution < 1.29 is 26.3 Å². The molecule has 0 aliphatic heterocycles. The van der Waals surface area contributed by atoms with Crippen LogP contribution in [0.3, 0.4) is 0 Å². The molecule has 1 saturated carbocycles. The first-order valence-electron chi connectivity index (χ1n) is 10.0. The van der Waals surface area contributed by atoms with E-state index in [1.165, 1.54) is 0 Å². The van der Waals surface area contributed by atoms with Gasteiger partial charge in [-0.3, -0.25) is 0 Å². The third-order valence-electron chi connectivity index (χ3n) is 5.57. The second-order valence-corrected chi connectivity index (χ2v) is 7.85. The number of nitrogens with zero attached hydrogens (tertiary/aromatic N) is 3. The summed E-state index contributed by atoms with van der Waals surface area (Å²) in [5.74, 6) is 0.460. The lowest BCUT2D eigenvalue weighted by Gasteiger charge is -2.31. The highest BCUT2D eigenvalue weighted by Gasteiger charge is 2.32. The minimum atomic E-state index is -4.34. The summed E-state index contributed by atoms with van der Waals surface area (Å²) in [5, 5.41) is 5.76. The van der Waals surface area contributed by atoms with Crippen molar-refractivity contribution in [3.63, 3.8) is 0 Å². The predicted octanol–water partition coefficient (Wildman–Crippen LogP) is 4.20. The molecular formula is C19H22F6N6. The van der Waals surface area contributed by atoms with E-state index in [1.54, 1.807) is 12.4 Å². The molecule has 0 radical (unpaired) electrons. The van der Waals surface area contributed by atoms with E-state index in [0.29, 0.717) is 42.7 Å². The molecule has 1 aliphatic carbocycles. The maximum absolute atomic E-state index is 12.6. The zero-order valence-corrected chi connectivity index (χ0v) is 16.4. The van der Waals surface area contributed by atoms with Gasteiger partial charge in [-0.2, -0.15) is 26.3 Å². The van der Waals surface area contributed by atoms with E-state index in [-0.39, 0.29) is 18.6 Å². The number of hydrogen-bond acceptors (Lipinski definition) is 4. The van der Waals surface area contributed by atoms with Crippen molar-refractivity contribution in [2.24, 2.45) is 0 Å². The fraction of sp³-hybridized carbons (Fsp3) is 0.579. The Bertz CT molecular complexity index is 1030. The molecule has 0 saturated heterocycles. The summed E-state index contributed by atoms with van der Waals surface area (Å²) in [6.45, 7) is -2.24. The molecule has 0 bridgehead atoms. The summed E-state index contributed by atoms with van der Waals surface area (Å²) in [4.78, 5) is 11.8. The van der Waals surface area contributed by atoms with Gasteiger partial charge in [0.25, 0.3) is 0 Å². The minimum absolute atomic E-state index is 0.0721. The number of imidazole rings is 1. The first-order valence-corrected chi connectivity index (χ1v) is 10.0. The van der Waals surface area contributed by atoms with Gasteiger partial charge in [-0.05, 0) is 31.7 Å². The molecule has 0 aromatic carbocycles. The molecular weight excluding hydrogens is 426 g/mol. The summed E-state index contributed by atoms with van der Waals surface area (Å²) < 4.78 is 77.2. The molecule has 3 aromatic rings. The minimum Gasteiger partial charge on any atom is -0.346 e. The van der Waals surface area contributed by atoms with Crippen LogP contribution in [0.5, 0.6) is 0 Å². The molecule has 0 atom stereocenters. The molecule has 4 rings (SSSR count). The van der Waals surface area contributed by atoms with E-state index in [2.05, 4.69) is 25.6 Å². The van der Waals surface area contributed by atoms with E-state index >= 15 is 0 Å². The highest BCUT2D eigenvalue weighted by Crippen LogP contribution is 2.35. The summed E-state index contributed by atoms with van der Waals surface area (Å²) in [7, 11) is 0. The lowest BCUT2D eigenvalue weighted by atomic mass is 9.90. The molecule has 31 heavy (non-hydrogen) atoms. The third-order valence-corrected chi connectivity index (χ3v) is 5.57. The monoisotopic (exact) mass is 448 g/mol. The Morgan fingerprint density at radius 1 is 1.03 bits per heavy atom. The van der Waals surface area contributed by atoms with Gasteiger partial charge in [0.2, 0.25) is 0 Å². The Morgan fingerprint density at radius 2 is 1.74 bits per heavy atom. The summed E-state index contributed by atoms with van der Waals surface area (Å²) in [6, 6.07) is 1.53. The van der Waals surface area contributed by atoms with Gasteiger partial charge in [0.15, 0.2) is 0 Å². The van der Waals surface area contributed by atoms with Gasteiger partial charge in [-0.15, -0.1) is 0 Å². The number of aromatic amines is 1. The Morgan fingerprint density at radius 3 is 2.42 bits per heavy atom. The largest absolute Gasteiger partial charge is 0.401 e. The van der Waals surface area contributed by atoms with E-state index in [9.17, 15) is 26.3 Å². The van der Waals surface area contributed by atoms with E-state index in [4.69, 9.17) is 0 Å². The zero-order valence-electron chi connectivity index (χ0n) is 16.4. The van der Waals surface area contributed by atoms with Crippen LogP contribution in [0.15, 0.2) is 18.5 Å². The number of hydrogen-bond donors (Lipinski definition) is 3. The van der Waals surface area contributed by atoms with Crippen LogP contribution >= 0.6 is 0 Å². The fourth-order valence-electron chi connectivity index (χ4n) is 4.27. The predicted molar refractivity (Wildman–Crippen MR) is 102 cm³/mol. The Kier molecular flexibility index (Phi) is 5.86. The van der Waals surface area contributed by atoms with Gasteiger partial charge < -0.3 is 20.2 Å². The van der Waals surface area contributed by atoms with Gasteiger partial charge in [0, 0.05) is 23.7 Å². The van der Waals surface area contributed by atoms with Gasteiger partial charge in [-0.25, -0.2) is 9.97 Å². The van der Waals surface area contributed by atoms with E-state index in [0.717, 1.165) is 10.9 Å². The molecule has 0 spiro atoms. The lowest BCUT2D eigenvalue weighted by molar-refractivity contribution is -0.127. The number of pyridine rings is 1. The Hall–Kier alpha value is -2.34. The standard InChI is InChI=1S/C19H22F6N6/c20-18(21,22)9-26-8-15-30-14-7-28-17-13(5-6-27-17)16(14)31(15)12-3-1-11(2-4-12)29-10-19(23,24)25/h5-7,11-12,26,29H,1-4,8-10H2,(H,27,28). The van der Waals surface area contributed by atoms with Gasteiger partial charge in [0.1, 0.15) is 17.0 Å². The molecule has 1 aliphatic rings. The molecule has 3 N–H and O–H groups in total. The quantitative estimate of drug-likeness (QED) is 0.495. The average Bonchev–Trinajstić information content (AvgIpc) is 3.29. The van der Waals surface area contributed by atoms with Crippen molar-refractivity contribution in [3.8, 4) is 0 Å². The molecule has 0 amide bonds. The lowest BCUT2D eigenvalue weighted by Crippen LogP contribution is -2.39. The van der Waals surface area contributed by atoms with Crippen molar-refractivity contribution in [1.29, 1.82) is 0 Å². The van der Waals surface area contributed by atoms with Crippen LogP contribution < -0.4 is 10.6 Å². The number of fused-ring (bicyclic) bond motifs is 3. The van der Waals surface area contributed by atoms with Gasteiger partial charge >= 0.3 is 12.4 Å². The van der Waals surface area contributed by atoms with Crippen molar-refractivity contribution in [1.82, 2.24) is 30.2 Å². The number of rotatable bonds is 6. The van der Waals surface area contributed by atoms with Crippen LogP contribution in [0.1, 0.15) is 37.5 Å². The molecule has 12 heteroatoms. The summed E-state index contributed by atoms with van der Waals surface area (Å²) in [5.41, 5.74) is 2.00. The van der Waals surface area contributed by atoms with Crippen LogP contribution in [-0.2, 0) is 6.54 Å². The van der Waals surface area contributed by atoms with Crippen molar-refractivity contribution in [2.45, 2.75) is 56.7 Å².